The van der Waals surface area contributed by atoms with E-state index < -0.39 is 12.2 Å². The van der Waals surface area contributed by atoms with Gasteiger partial charge in [-0.25, -0.2) is 0 Å². The zero-order valence-corrected chi connectivity index (χ0v) is 22.2. The second-order valence-electron chi connectivity index (χ2n) is 13.8. The van der Waals surface area contributed by atoms with Gasteiger partial charge in [-0.1, -0.05) is 64.8 Å². The molecule has 0 bridgehead atoms. The highest BCUT2D eigenvalue weighted by atomic mass is 16.3. The van der Waals surface area contributed by atoms with E-state index in [2.05, 4.69) is 67.5 Å². The van der Waals surface area contributed by atoms with Gasteiger partial charge in [0.1, 0.15) is 0 Å². The monoisotopic (exact) mass is 442 g/mol. The summed E-state index contributed by atoms with van der Waals surface area (Å²) in [5.74, 6) is 2.39. The first kappa shape index (κ1) is 24.5. The largest absolute Gasteiger partial charge is 0.392 e. The van der Waals surface area contributed by atoms with Crippen LogP contribution in [0.5, 0.6) is 0 Å². The van der Waals surface area contributed by atoms with Crippen molar-refractivity contribution in [3.8, 4) is 0 Å². The van der Waals surface area contributed by atoms with Crippen LogP contribution in [0.3, 0.4) is 0 Å². The van der Waals surface area contributed by atoms with Gasteiger partial charge in [0.05, 0.1) is 12.2 Å². The van der Waals surface area contributed by atoms with Gasteiger partial charge in [-0.15, -0.1) is 0 Å². The Kier molecular flexibility index (Phi) is 6.11. The second-order valence-corrected chi connectivity index (χ2v) is 13.8. The van der Waals surface area contributed by atoms with Gasteiger partial charge in [0.25, 0.3) is 0 Å². The fourth-order valence-electron chi connectivity index (χ4n) is 9.73. The summed E-state index contributed by atoms with van der Waals surface area (Å²) in [7, 11) is 0. The molecular formula is C30H50O2. The van der Waals surface area contributed by atoms with E-state index in [9.17, 15) is 10.2 Å². The van der Waals surface area contributed by atoms with Crippen molar-refractivity contribution in [2.45, 2.75) is 119 Å². The van der Waals surface area contributed by atoms with Gasteiger partial charge in [0.15, 0.2) is 0 Å². The van der Waals surface area contributed by atoms with Crippen molar-refractivity contribution in [2.75, 3.05) is 0 Å². The molecule has 4 aliphatic carbocycles. The smallest absolute Gasteiger partial charge is 0.0624 e. The van der Waals surface area contributed by atoms with E-state index in [0.717, 1.165) is 18.3 Å². The van der Waals surface area contributed by atoms with Gasteiger partial charge < -0.3 is 10.2 Å². The lowest BCUT2D eigenvalue weighted by Crippen LogP contribution is -2.66. The molecule has 9 atom stereocenters. The standard InChI is InChI=1S/C30H50O2/c1-19(2)10-9-11-20(3)21-12-13-23-28(21,6)16-15-24-29(23,7)17-14-22-27(4,5)25(31)18-26(32)30(22,24)8/h10,13,20-22,24-26,31-32H,9,11-12,14-18H2,1-8H3. The molecule has 32 heavy (non-hydrogen) atoms. The van der Waals surface area contributed by atoms with Crippen LogP contribution in [0.4, 0.5) is 0 Å². The van der Waals surface area contributed by atoms with E-state index in [0.29, 0.717) is 23.7 Å². The highest BCUT2D eigenvalue weighted by Crippen LogP contribution is 2.73. The van der Waals surface area contributed by atoms with Gasteiger partial charge in [-0.3, -0.25) is 0 Å². The molecule has 0 aromatic rings. The Bertz CT molecular complexity index is 789. The quantitative estimate of drug-likeness (QED) is 0.448. The Morgan fingerprint density at radius 2 is 1.62 bits per heavy atom. The SMILES string of the molecule is CC(C)=CCCC(C)C1CC=C2C1(C)CCC1C2(C)CCC2C(C)(C)C(O)CC(O)C12C. The van der Waals surface area contributed by atoms with Crippen molar-refractivity contribution in [1.82, 2.24) is 0 Å². The molecule has 4 rings (SSSR count). The van der Waals surface area contributed by atoms with Crippen LogP contribution in [-0.2, 0) is 0 Å². The molecule has 0 aromatic heterocycles. The molecule has 0 aromatic carbocycles. The summed E-state index contributed by atoms with van der Waals surface area (Å²) in [4.78, 5) is 0. The molecule has 4 aliphatic rings. The molecule has 0 amide bonds. The number of aliphatic hydroxyl groups excluding tert-OH is 2. The Morgan fingerprint density at radius 1 is 1.00 bits per heavy atom. The van der Waals surface area contributed by atoms with Crippen molar-refractivity contribution in [3.05, 3.63) is 23.3 Å². The summed E-state index contributed by atoms with van der Waals surface area (Å²) >= 11 is 0. The number of hydrogen-bond acceptors (Lipinski definition) is 2. The van der Waals surface area contributed by atoms with E-state index in [1.54, 1.807) is 5.57 Å². The first-order valence-corrected chi connectivity index (χ1v) is 13.5. The van der Waals surface area contributed by atoms with Crippen molar-refractivity contribution >= 4 is 0 Å². The van der Waals surface area contributed by atoms with Crippen LogP contribution in [-0.4, -0.2) is 22.4 Å². The fraction of sp³-hybridized carbons (Fsp3) is 0.867. The summed E-state index contributed by atoms with van der Waals surface area (Å²) in [6.07, 6.45) is 13.3. The van der Waals surface area contributed by atoms with Crippen LogP contribution in [0.1, 0.15) is 107 Å². The predicted octanol–water partition coefficient (Wildman–Crippen LogP) is 7.31. The second kappa shape index (κ2) is 7.98. The van der Waals surface area contributed by atoms with Crippen molar-refractivity contribution in [1.29, 1.82) is 0 Å². The van der Waals surface area contributed by atoms with Gasteiger partial charge in [0.2, 0.25) is 0 Å². The zero-order chi connectivity index (χ0) is 23.7. The fourth-order valence-corrected chi connectivity index (χ4v) is 9.73. The zero-order valence-electron chi connectivity index (χ0n) is 22.2. The van der Waals surface area contributed by atoms with E-state index >= 15 is 0 Å². The van der Waals surface area contributed by atoms with Crippen LogP contribution >= 0.6 is 0 Å². The molecule has 9 unspecified atom stereocenters. The average Bonchev–Trinajstić information content (AvgIpc) is 3.04. The van der Waals surface area contributed by atoms with Gasteiger partial charge >= 0.3 is 0 Å². The average molecular weight is 443 g/mol. The number of aliphatic hydroxyl groups is 2. The molecule has 0 aliphatic heterocycles. The van der Waals surface area contributed by atoms with E-state index in [-0.39, 0.29) is 16.2 Å². The van der Waals surface area contributed by atoms with E-state index in [1.165, 1.54) is 44.1 Å². The minimum absolute atomic E-state index is 0.106. The molecule has 182 valence electrons. The summed E-state index contributed by atoms with van der Waals surface area (Å²) < 4.78 is 0. The molecular weight excluding hydrogens is 392 g/mol. The number of rotatable bonds is 4. The lowest BCUT2D eigenvalue weighted by Gasteiger charge is -2.68. The molecule has 0 saturated heterocycles. The molecule has 0 spiro atoms. The first-order valence-electron chi connectivity index (χ1n) is 13.5. The molecule has 0 radical (unpaired) electrons. The molecule has 3 fully saturated rings. The molecule has 3 saturated carbocycles. The van der Waals surface area contributed by atoms with Crippen LogP contribution in [0.2, 0.25) is 0 Å². The number of fused-ring (bicyclic) bond motifs is 5. The van der Waals surface area contributed by atoms with Gasteiger partial charge in [-0.2, -0.15) is 0 Å². The third kappa shape index (κ3) is 3.33. The van der Waals surface area contributed by atoms with Crippen molar-refractivity contribution in [2.24, 2.45) is 45.3 Å². The van der Waals surface area contributed by atoms with Gasteiger partial charge in [-0.05, 0) is 98.7 Å². The summed E-state index contributed by atoms with van der Waals surface area (Å²) in [6, 6.07) is 0. The molecule has 0 heterocycles. The summed E-state index contributed by atoms with van der Waals surface area (Å²) in [5.41, 5.74) is 3.44. The first-order chi connectivity index (χ1) is 14.8. The molecule has 2 heteroatoms. The predicted molar refractivity (Wildman–Crippen MR) is 134 cm³/mol. The maximum atomic E-state index is 11.4. The lowest BCUT2D eigenvalue weighted by molar-refractivity contribution is -0.226. The van der Waals surface area contributed by atoms with E-state index in [4.69, 9.17) is 0 Å². The van der Waals surface area contributed by atoms with Crippen LogP contribution < -0.4 is 0 Å². The third-order valence-electron chi connectivity index (χ3n) is 11.6. The maximum Gasteiger partial charge on any atom is 0.0624 e. The Hall–Kier alpha value is -0.600. The molecule has 2 N–H and O–H groups in total. The Labute approximate surface area is 198 Å². The van der Waals surface area contributed by atoms with Crippen molar-refractivity contribution in [3.63, 3.8) is 0 Å². The maximum absolute atomic E-state index is 11.4. The van der Waals surface area contributed by atoms with Crippen molar-refractivity contribution < 1.29 is 10.2 Å². The summed E-state index contributed by atoms with van der Waals surface area (Å²) in [5, 5.41) is 22.3. The Morgan fingerprint density at radius 3 is 2.28 bits per heavy atom. The van der Waals surface area contributed by atoms with E-state index in [1.807, 2.05) is 0 Å². The lowest BCUT2D eigenvalue weighted by atomic mass is 9.37. The van der Waals surface area contributed by atoms with Crippen LogP contribution in [0.15, 0.2) is 23.3 Å². The van der Waals surface area contributed by atoms with Gasteiger partial charge in [0, 0.05) is 11.8 Å². The normalized spacial score (nSPS) is 48.2. The third-order valence-corrected chi connectivity index (χ3v) is 11.6. The molecule has 2 nitrogen and oxygen atoms in total. The highest BCUT2D eigenvalue weighted by Gasteiger charge is 2.67. The van der Waals surface area contributed by atoms with Crippen LogP contribution in [0, 0.1) is 45.3 Å². The van der Waals surface area contributed by atoms with Crippen LogP contribution in [0.25, 0.3) is 0 Å². The number of allylic oxidation sites excluding steroid dienone is 4. The number of hydrogen-bond donors (Lipinski definition) is 2. The Balaban J connectivity index is 1.62. The minimum Gasteiger partial charge on any atom is -0.392 e. The summed E-state index contributed by atoms with van der Waals surface area (Å²) in [6.45, 7) is 18.9. The minimum atomic E-state index is -0.398. The topological polar surface area (TPSA) is 40.5 Å². The highest BCUT2D eigenvalue weighted by molar-refractivity contribution is 5.35.